The van der Waals surface area contributed by atoms with E-state index in [-0.39, 0.29) is 5.02 Å². The third-order valence-corrected chi connectivity index (χ3v) is 2.00. The van der Waals surface area contributed by atoms with Crippen molar-refractivity contribution >= 4 is 11.6 Å². The summed E-state index contributed by atoms with van der Waals surface area (Å²) in [4.78, 5) is 0. The third kappa shape index (κ3) is 1.40. The molecule has 0 atom stereocenters. The van der Waals surface area contributed by atoms with E-state index in [9.17, 15) is 4.39 Å². The summed E-state index contributed by atoms with van der Waals surface area (Å²) in [5.41, 5.74) is 0.534. The lowest BCUT2D eigenvalue weighted by molar-refractivity contribution is 0.627. The Morgan fingerprint density at radius 2 is 1.92 bits per heavy atom. The SMILES string of the molecule is Fc1cccc(-n2cnnc2)c1Cl. The zero-order valence-corrected chi connectivity index (χ0v) is 7.24. The monoisotopic (exact) mass is 197 g/mol. The molecule has 0 amide bonds. The molecule has 1 aromatic heterocycles. The van der Waals surface area contributed by atoms with Gasteiger partial charge in [0.05, 0.1) is 5.69 Å². The van der Waals surface area contributed by atoms with Gasteiger partial charge in [0.15, 0.2) is 0 Å². The van der Waals surface area contributed by atoms with Gasteiger partial charge in [0.2, 0.25) is 0 Å². The number of nitrogens with zero attached hydrogens (tertiary/aromatic N) is 3. The first-order chi connectivity index (χ1) is 6.29. The molecule has 66 valence electrons. The number of hydrogen-bond acceptors (Lipinski definition) is 2. The molecule has 0 fully saturated rings. The lowest BCUT2D eigenvalue weighted by Crippen LogP contribution is -1.92. The van der Waals surface area contributed by atoms with E-state index in [1.807, 2.05) is 0 Å². The van der Waals surface area contributed by atoms with Crippen molar-refractivity contribution in [1.82, 2.24) is 14.8 Å². The molecule has 0 saturated heterocycles. The van der Waals surface area contributed by atoms with Gasteiger partial charge in [-0.1, -0.05) is 17.7 Å². The van der Waals surface area contributed by atoms with E-state index in [1.54, 1.807) is 16.7 Å². The van der Waals surface area contributed by atoms with Crippen LogP contribution in [-0.4, -0.2) is 14.8 Å². The van der Waals surface area contributed by atoms with E-state index in [1.165, 1.54) is 18.7 Å². The molecule has 5 heteroatoms. The highest BCUT2D eigenvalue weighted by Crippen LogP contribution is 2.22. The smallest absolute Gasteiger partial charge is 0.143 e. The second-order valence-corrected chi connectivity index (χ2v) is 2.82. The topological polar surface area (TPSA) is 30.7 Å². The molecular formula is C8H5ClFN3. The molecule has 3 nitrogen and oxygen atoms in total. The Morgan fingerprint density at radius 1 is 1.23 bits per heavy atom. The zero-order chi connectivity index (χ0) is 9.26. The predicted molar refractivity (Wildman–Crippen MR) is 46.3 cm³/mol. The van der Waals surface area contributed by atoms with Gasteiger partial charge >= 0.3 is 0 Å². The van der Waals surface area contributed by atoms with E-state index in [0.29, 0.717) is 5.69 Å². The van der Waals surface area contributed by atoms with Gasteiger partial charge in [-0.2, -0.15) is 0 Å². The Hall–Kier alpha value is -1.42. The molecule has 0 aliphatic carbocycles. The summed E-state index contributed by atoms with van der Waals surface area (Å²) < 4.78 is 14.5. The highest BCUT2D eigenvalue weighted by Gasteiger charge is 2.06. The van der Waals surface area contributed by atoms with Crippen LogP contribution in [0.2, 0.25) is 5.02 Å². The maximum absolute atomic E-state index is 13.0. The third-order valence-electron chi connectivity index (χ3n) is 1.63. The molecule has 0 aliphatic rings. The minimum absolute atomic E-state index is 0.0716. The van der Waals surface area contributed by atoms with Crippen LogP contribution in [0.5, 0.6) is 0 Å². The molecule has 0 spiro atoms. The van der Waals surface area contributed by atoms with Gasteiger partial charge < -0.3 is 0 Å². The van der Waals surface area contributed by atoms with Crippen LogP contribution in [0.25, 0.3) is 5.69 Å². The normalized spacial score (nSPS) is 10.3. The van der Waals surface area contributed by atoms with E-state index in [4.69, 9.17) is 11.6 Å². The molecule has 0 radical (unpaired) electrons. The summed E-state index contributed by atoms with van der Waals surface area (Å²) >= 11 is 5.73. The number of rotatable bonds is 1. The van der Waals surface area contributed by atoms with Crippen LogP contribution >= 0.6 is 11.6 Å². The van der Waals surface area contributed by atoms with Crippen molar-refractivity contribution in [3.05, 3.63) is 41.7 Å². The minimum Gasteiger partial charge on any atom is -0.287 e. The Morgan fingerprint density at radius 3 is 2.62 bits per heavy atom. The number of benzene rings is 1. The van der Waals surface area contributed by atoms with Gasteiger partial charge in [0, 0.05) is 0 Å². The standard InChI is InChI=1S/C8H5ClFN3/c9-8-6(10)2-1-3-7(8)13-4-11-12-5-13/h1-5H. The van der Waals surface area contributed by atoms with Crippen LogP contribution in [0.15, 0.2) is 30.9 Å². The molecule has 0 saturated carbocycles. The number of aromatic nitrogens is 3. The van der Waals surface area contributed by atoms with Crippen molar-refractivity contribution in [2.24, 2.45) is 0 Å². The van der Waals surface area contributed by atoms with Crippen LogP contribution in [0.3, 0.4) is 0 Å². The van der Waals surface area contributed by atoms with E-state index >= 15 is 0 Å². The Labute approximate surface area is 78.8 Å². The van der Waals surface area contributed by atoms with Gasteiger partial charge in [0.1, 0.15) is 23.5 Å². The van der Waals surface area contributed by atoms with Crippen molar-refractivity contribution < 1.29 is 4.39 Å². The molecule has 2 aromatic rings. The summed E-state index contributed by atoms with van der Waals surface area (Å²) in [5.74, 6) is -0.451. The van der Waals surface area contributed by atoms with Crippen LogP contribution < -0.4 is 0 Å². The zero-order valence-electron chi connectivity index (χ0n) is 6.48. The summed E-state index contributed by atoms with van der Waals surface area (Å²) in [6.07, 6.45) is 2.92. The molecule has 0 N–H and O–H groups in total. The first kappa shape index (κ1) is 8.19. The first-order valence-corrected chi connectivity index (χ1v) is 3.96. The quantitative estimate of drug-likeness (QED) is 0.701. The lowest BCUT2D eigenvalue weighted by atomic mass is 10.3. The molecule has 2 rings (SSSR count). The second-order valence-electron chi connectivity index (χ2n) is 2.44. The Bertz CT molecular complexity index is 413. The number of hydrogen-bond donors (Lipinski definition) is 0. The van der Waals surface area contributed by atoms with Crippen LogP contribution in [-0.2, 0) is 0 Å². The average Bonchev–Trinajstić information content (AvgIpc) is 2.62. The fourth-order valence-electron chi connectivity index (χ4n) is 1.02. The van der Waals surface area contributed by atoms with Crippen LogP contribution in [0, 0.1) is 5.82 Å². The fourth-order valence-corrected chi connectivity index (χ4v) is 1.24. The van der Waals surface area contributed by atoms with Gasteiger partial charge in [-0.15, -0.1) is 10.2 Å². The summed E-state index contributed by atoms with van der Waals surface area (Å²) in [5, 5.41) is 7.27. The van der Waals surface area contributed by atoms with E-state index in [0.717, 1.165) is 0 Å². The number of halogens is 2. The van der Waals surface area contributed by atoms with Crippen molar-refractivity contribution in [1.29, 1.82) is 0 Å². The molecule has 0 aliphatic heterocycles. The van der Waals surface area contributed by atoms with Crippen LogP contribution in [0.1, 0.15) is 0 Å². The maximum Gasteiger partial charge on any atom is 0.143 e. The molecular weight excluding hydrogens is 193 g/mol. The highest BCUT2D eigenvalue weighted by atomic mass is 35.5. The van der Waals surface area contributed by atoms with Crippen molar-refractivity contribution in [2.75, 3.05) is 0 Å². The van der Waals surface area contributed by atoms with Crippen molar-refractivity contribution in [3.8, 4) is 5.69 Å². The summed E-state index contributed by atoms with van der Waals surface area (Å²) in [6, 6.07) is 4.57. The molecule has 13 heavy (non-hydrogen) atoms. The molecule has 1 heterocycles. The van der Waals surface area contributed by atoms with Gasteiger partial charge in [-0.05, 0) is 12.1 Å². The van der Waals surface area contributed by atoms with Crippen molar-refractivity contribution in [2.45, 2.75) is 0 Å². The van der Waals surface area contributed by atoms with Gasteiger partial charge in [-0.25, -0.2) is 4.39 Å². The van der Waals surface area contributed by atoms with E-state index < -0.39 is 5.82 Å². The largest absolute Gasteiger partial charge is 0.287 e. The van der Waals surface area contributed by atoms with E-state index in [2.05, 4.69) is 10.2 Å². The summed E-state index contributed by atoms with van der Waals surface area (Å²) in [7, 11) is 0. The lowest BCUT2D eigenvalue weighted by Gasteiger charge is -2.03. The molecule has 0 bridgehead atoms. The van der Waals surface area contributed by atoms with Gasteiger partial charge in [-0.3, -0.25) is 4.57 Å². The second kappa shape index (κ2) is 3.14. The highest BCUT2D eigenvalue weighted by molar-refractivity contribution is 6.32. The summed E-state index contributed by atoms with van der Waals surface area (Å²) in [6.45, 7) is 0. The van der Waals surface area contributed by atoms with Crippen molar-refractivity contribution in [3.63, 3.8) is 0 Å². The van der Waals surface area contributed by atoms with Gasteiger partial charge in [0.25, 0.3) is 0 Å². The van der Waals surface area contributed by atoms with Crippen LogP contribution in [0.4, 0.5) is 4.39 Å². The average molecular weight is 198 g/mol. The fraction of sp³-hybridized carbons (Fsp3) is 0. The maximum atomic E-state index is 13.0. The predicted octanol–water partition coefficient (Wildman–Crippen LogP) is 2.06. The first-order valence-electron chi connectivity index (χ1n) is 3.58. The Kier molecular flexibility index (Phi) is 1.98. The molecule has 0 unspecified atom stereocenters. The minimum atomic E-state index is -0.451. The molecule has 1 aromatic carbocycles. The Balaban J connectivity index is 2.59.